The average molecular weight is 389 g/mol. The Morgan fingerprint density at radius 2 is 1.79 bits per heavy atom. The number of amides is 3. The molecule has 0 radical (unpaired) electrons. The molecule has 0 aliphatic heterocycles. The van der Waals surface area contributed by atoms with Crippen molar-refractivity contribution in [1.29, 1.82) is 0 Å². The second-order valence-electron chi connectivity index (χ2n) is 6.68. The normalized spacial score (nSPS) is 11.8. The number of nitrogens with one attached hydrogen (secondary N) is 3. The first-order chi connectivity index (χ1) is 13.3. The van der Waals surface area contributed by atoms with Crippen molar-refractivity contribution in [2.75, 3.05) is 13.1 Å². The van der Waals surface area contributed by atoms with Gasteiger partial charge in [0.05, 0.1) is 6.26 Å². The van der Waals surface area contributed by atoms with E-state index < -0.39 is 23.7 Å². The zero-order valence-electron chi connectivity index (χ0n) is 16.0. The maximum atomic E-state index is 13.5. The Bertz CT molecular complexity index is 834. The lowest BCUT2D eigenvalue weighted by atomic mass is 10.0. The van der Waals surface area contributed by atoms with Gasteiger partial charge in [-0.15, -0.1) is 0 Å². The van der Waals surface area contributed by atoms with E-state index in [9.17, 15) is 18.8 Å². The molecule has 8 heteroatoms. The van der Waals surface area contributed by atoms with Crippen molar-refractivity contribution in [3.63, 3.8) is 0 Å². The van der Waals surface area contributed by atoms with Crippen LogP contribution in [-0.4, -0.2) is 36.9 Å². The van der Waals surface area contributed by atoms with Crippen LogP contribution in [0.15, 0.2) is 41.0 Å². The Morgan fingerprint density at radius 1 is 1.07 bits per heavy atom. The van der Waals surface area contributed by atoms with Crippen molar-refractivity contribution < 1.29 is 23.2 Å². The summed E-state index contributed by atoms with van der Waals surface area (Å²) in [7, 11) is 0. The Labute approximate surface area is 162 Å². The molecule has 150 valence electrons. The van der Waals surface area contributed by atoms with Crippen molar-refractivity contribution in [3.05, 3.63) is 59.3 Å². The molecule has 3 N–H and O–H groups in total. The van der Waals surface area contributed by atoms with Gasteiger partial charge in [-0.2, -0.15) is 0 Å². The van der Waals surface area contributed by atoms with Crippen molar-refractivity contribution in [3.8, 4) is 0 Å². The van der Waals surface area contributed by atoms with E-state index in [2.05, 4.69) is 16.0 Å². The zero-order chi connectivity index (χ0) is 20.7. The molecule has 0 aliphatic carbocycles. The second-order valence-corrected chi connectivity index (χ2v) is 6.68. The van der Waals surface area contributed by atoms with E-state index in [1.807, 2.05) is 0 Å². The maximum Gasteiger partial charge on any atom is 0.287 e. The third kappa shape index (κ3) is 5.67. The highest BCUT2D eigenvalue weighted by Crippen LogP contribution is 2.09. The third-order valence-corrected chi connectivity index (χ3v) is 4.12. The molecule has 7 nitrogen and oxygen atoms in total. The van der Waals surface area contributed by atoms with Gasteiger partial charge in [-0.05, 0) is 42.7 Å². The van der Waals surface area contributed by atoms with E-state index in [0.29, 0.717) is 5.56 Å². The molecule has 1 aromatic heterocycles. The molecule has 1 heterocycles. The van der Waals surface area contributed by atoms with Gasteiger partial charge in [-0.3, -0.25) is 14.4 Å². The van der Waals surface area contributed by atoms with Crippen LogP contribution >= 0.6 is 0 Å². The molecule has 3 amide bonds. The van der Waals surface area contributed by atoms with Crippen LogP contribution in [0.2, 0.25) is 0 Å². The van der Waals surface area contributed by atoms with Crippen molar-refractivity contribution in [2.24, 2.45) is 5.92 Å². The topological polar surface area (TPSA) is 100 Å². The lowest BCUT2D eigenvalue weighted by molar-refractivity contribution is -0.123. The molecule has 2 rings (SSSR count). The first-order valence-electron chi connectivity index (χ1n) is 8.96. The van der Waals surface area contributed by atoms with E-state index in [1.54, 1.807) is 26.8 Å². The van der Waals surface area contributed by atoms with Gasteiger partial charge in [0, 0.05) is 18.7 Å². The molecule has 0 saturated heterocycles. The summed E-state index contributed by atoms with van der Waals surface area (Å²) in [5.41, 5.74) is 0.667. The maximum absolute atomic E-state index is 13.5. The summed E-state index contributed by atoms with van der Waals surface area (Å²) in [6.07, 6.45) is 1.38. The van der Waals surface area contributed by atoms with Crippen LogP contribution in [0.4, 0.5) is 4.39 Å². The van der Waals surface area contributed by atoms with E-state index in [-0.39, 0.29) is 36.2 Å². The highest BCUT2D eigenvalue weighted by molar-refractivity contribution is 5.96. The van der Waals surface area contributed by atoms with Crippen LogP contribution in [-0.2, 0) is 4.79 Å². The van der Waals surface area contributed by atoms with Gasteiger partial charge >= 0.3 is 0 Å². The Kier molecular flexibility index (Phi) is 7.31. The highest BCUT2D eigenvalue weighted by atomic mass is 19.1. The summed E-state index contributed by atoms with van der Waals surface area (Å²) in [6, 6.07) is 6.57. The molecule has 28 heavy (non-hydrogen) atoms. The molecule has 2 aromatic rings. The fraction of sp³-hybridized carbons (Fsp3) is 0.350. The van der Waals surface area contributed by atoms with Crippen molar-refractivity contribution >= 4 is 17.7 Å². The number of hydrogen-bond acceptors (Lipinski definition) is 4. The van der Waals surface area contributed by atoms with Crippen LogP contribution in [0, 0.1) is 18.7 Å². The minimum absolute atomic E-state index is 0.121. The highest BCUT2D eigenvalue weighted by Gasteiger charge is 2.25. The summed E-state index contributed by atoms with van der Waals surface area (Å²) in [5, 5.41) is 7.91. The van der Waals surface area contributed by atoms with Gasteiger partial charge in [0.25, 0.3) is 11.8 Å². The van der Waals surface area contributed by atoms with Crippen LogP contribution in [0.25, 0.3) is 0 Å². The number of halogens is 1. The van der Waals surface area contributed by atoms with Crippen LogP contribution in [0.1, 0.15) is 40.3 Å². The number of carbonyl (C=O) groups is 3. The number of hydrogen-bond donors (Lipinski definition) is 3. The van der Waals surface area contributed by atoms with E-state index in [4.69, 9.17) is 4.42 Å². The third-order valence-electron chi connectivity index (χ3n) is 4.12. The molecule has 1 unspecified atom stereocenters. The fourth-order valence-electron chi connectivity index (χ4n) is 2.46. The Balaban J connectivity index is 1.81. The zero-order valence-corrected chi connectivity index (χ0v) is 16.0. The summed E-state index contributed by atoms with van der Waals surface area (Å²) in [4.78, 5) is 36.5. The molecule has 0 saturated carbocycles. The van der Waals surface area contributed by atoms with Crippen molar-refractivity contribution in [1.82, 2.24) is 16.0 Å². The lowest BCUT2D eigenvalue weighted by Crippen LogP contribution is -2.50. The van der Waals surface area contributed by atoms with Gasteiger partial charge in [0.15, 0.2) is 5.76 Å². The number of rotatable bonds is 8. The summed E-state index contributed by atoms with van der Waals surface area (Å²) in [5.74, 6) is -1.76. The van der Waals surface area contributed by atoms with Crippen LogP contribution in [0.5, 0.6) is 0 Å². The standard InChI is InChI=1S/C20H24FN3O4/c1-12(2)17(24-19(26)16-5-4-10-28-16)20(27)23-9-8-22-18(25)14-7-6-13(3)15(21)11-14/h4-7,10-12,17H,8-9H2,1-3H3,(H,22,25)(H,23,27)(H,24,26). The molecule has 1 aromatic carbocycles. The molecule has 0 fully saturated rings. The fourth-order valence-corrected chi connectivity index (χ4v) is 2.46. The lowest BCUT2D eigenvalue weighted by Gasteiger charge is -2.21. The van der Waals surface area contributed by atoms with Gasteiger partial charge in [-0.25, -0.2) is 4.39 Å². The van der Waals surface area contributed by atoms with Gasteiger partial charge in [0.1, 0.15) is 11.9 Å². The summed E-state index contributed by atoms with van der Waals surface area (Å²) >= 11 is 0. The smallest absolute Gasteiger partial charge is 0.287 e. The van der Waals surface area contributed by atoms with E-state index in [0.717, 1.165) is 0 Å². The Hall–Kier alpha value is -3.16. The van der Waals surface area contributed by atoms with Crippen LogP contribution < -0.4 is 16.0 Å². The summed E-state index contributed by atoms with van der Waals surface area (Å²) < 4.78 is 18.5. The monoisotopic (exact) mass is 389 g/mol. The number of aryl methyl sites for hydroxylation is 1. The van der Waals surface area contributed by atoms with Crippen molar-refractivity contribution in [2.45, 2.75) is 26.8 Å². The molecule has 0 aliphatic rings. The first kappa shape index (κ1) is 21.1. The number of furan rings is 1. The predicted molar refractivity (Wildman–Crippen MR) is 101 cm³/mol. The molecular formula is C20H24FN3O4. The van der Waals surface area contributed by atoms with Crippen LogP contribution in [0.3, 0.4) is 0 Å². The molecule has 0 bridgehead atoms. The predicted octanol–water partition coefficient (Wildman–Crippen LogP) is 2.03. The van der Waals surface area contributed by atoms with Gasteiger partial charge in [-0.1, -0.05) is 19.9 Å². The average Bonchev–Trinajstić information content (AvgIpc) is 3.19. The van der Waals surface area contributed by atoms with E-state index >= 15 is 0 Å². The minimum Gasteiger partial charge on any atom is -0.459 e. The van der Waals surface area contributed by atoms with Gasteiger partial charge in [0.2, 0.25) is 5.91 Å². The first-order valence-corrected chi connectivity index (χ1v) is 8.96. The van der Waals surface area contributed by atoms with E-state index in [1.165, 1.54) is 30.5 Å². The second kappa shape index (κ2) is 9.68. The number of carbonyl (C=O) groups excluding carboxylic acids is 3. The summed E-state index contributed by atoms with van der Waals surface area (Å²) in [6.45, 7) is 5.55. The number of benzene rings is 1. The largest absolute Gasteiger partial charge is 0.459 e. The minimum atomic E-state index is -0.750. The molecular weight excluding hydrogens is 365 g/mol. The SMILES string of the molecule is Cc1ccc(C(=O)NCCNC(=O)C(NC(=O)c2ccco2)C(C)C)cc1F. The quantitative estimate of drug-likeness (QED) is 0.602. The van der Waals surface area contributed by atoms with Gasteiger partial charge < -0.3 is 20.4 Å². The molecule has 1 atom stereocenters. The molecule has 0 spiro atoms. The Morgan fingerprint density at radius 3 is 2.39 bits per heavy atom.